The molecule has 29 heavy (non-hydrogen) atoms. The molecule has 0 aliphatic carbocycles. The van der Waals surface area contributed by atoms with Gasteiger partial charge in [-0.25, -0.2) is 0 Å². The van der Waals surface area contributed by atoms with Crippen molar-refractivity contribution in [1.29, 1.82) is 0 Å². The van der Waals surface area contributed by atoms with Gasteiger partial charge in [0.1, 0.15) is 19.6 Å². The van der Waals surface area contributed by atoms with Gasteiger partial charge in [-0.2, -0.15) is 0 Å². The van der Waals surface area contributed by atoms with E-state index in [4.69, 9.17) is 21.7 Å². The molecule has 0 spiro atoms. The Morgan fingerprint density at radius 1 is 1.38 bits per heavy atom. The standard InChI is InChI=1S/C19H25N5O4S/c1-2-28-16(25)13-24-15-6-4-3-5-14(15)17(18(24)26)21-22-19(29)20-7-8-23-9-11-27-12-10-23/h3-6,26H,2,7-13H2,1H3,(H,20,29)/p+1. The zero-order valence-corrected chi connectivity index (χ0v) is 17.2. The summed E-state index contributed by atoms with van der Waals surface area (Å²) in [6.45, 7) is 7.06. The van der Waals surface area contributed by atoms with E-state index in [0.29, 0.717) is 17.4 Å². The highest BCUT2D eigenvalue weighted by Crippen LogP contribution is 2.38. The molecule has 156 valence electrons. The largest absolute Gasteiger partial charge is 0.493 e. The Kier molecular flexibility index (Phi) is 7.50. The first kappa shape index (κ1) is 21.2. The number of ether oxygens (including phenoxy) is 2. The number of nitrogens with zero attached hydrogens (tertiary/aromatic N) is 3. The third-order valence-electron chi connectivity index (χ3n) is 4.71. The number of quaternary nitrogens is 1. The summed E-state index contributed by atoms with van der Waals surface area (Å²) in [5.74, 6) is -0.585. The summed E-state index contributed by atoms with van der Waals surface area (Å²) in [6, 6.07) is 7.26. The third kappa shape index (κ3) is 5.49. The Bertz CT molecular complexity index is 892. The number of aromatic nitrogens is 1. The van der Waals surface area contributed by atoms with Gasteiger partial charge < -0.3 is 24.8 Å². The van der Waals surface area contributed by atoms with Crippen LogP contribution in [0.2, 0.25) is 0 Å². The second-order valence-corrected chi connectivity index (χ2v) is 7.01. The monoisotopic (exact) mass is 420 g/mol. The van der Waals surface area contributed by atoms with Gasteiger partial charge >= 0.3 is 5.97 Å². The molecule has 0 amide bonds. The number of hydrogen-bond donors (Lipinski definition) is 3. The lowest BCUT2D eigenvalue weighted by Gasteiger charge is -2.23. The van der Waals surface area contributed by atoms with Crippen molar-refractivity contribution in [2.24, 2.45) is 10.2 Å². The molecule has 3 N–H and O–H groups in total. The van der Waals surface area contributed by atoms with Gasteiger partial charge in [-0.15, -0.1) is 10.2 Å². The van der Waals surface area contributed by atoms with Crippen molar-refractivity contribution >= 4 is 39.9 Å². The number of carbonyl (C=O) groups is 1. The highest BCUT2D eigenvalue weighted by molar-refractivity contribution is 7.80. The summed E-state index contributed by atoms with van der Waals surface area (Å²) in [5, 5.41) is 22.8. The summed E-state index contributed by atoms with van der Waals surface area (Å²) in [4.78, 5) is 13.3. The lowest BCUT2D eigenvalue weighted by molar-refractivity contribution is -0.906. The van der Waals surface area contributed by atoms with Crippen molar-refractivity contribution in [3.8, 4) is 5.88 Å². The molecule has 0 bridgehead atoms. The summed E-state index contributed by atoms with van der Waals surface area (Å²) in [6.07, 6.45) is 0. The van der Waals surface area contributed by atoms with Crippen LogP contribution < -0.4 is 10.2 Å². The number of para-hydroxylation sites is 1. The average molecular weight is 421 g/mol. The van der Waals surface area contributed by atoms with Crippen LogP contribution in [-0.4, -0.2) is 66.8 Å². The molecule has 1 aliphatic rings. The molecule has 0 saturated carbocycles. The predicted molar refractivity (Wildman–Crippen MR) is 112 cm³/mol. The summed E-state index contributed by atoms with van der Waals surface area (Å²) >= 11 is 5.23. The summed E-state index contributed by atoms with van der Waals surface area (Å²) < 4.78 is 11.8. The number of nitrogens with one attached hydrogen (secondary N) is 2. The number of carbonyl (C=O) groups excluding carboxylic acids is 1. The average Bonchev–Trinajstić information content (AvgIpc) is 2.99. The molecule has 2 heterocycles. The van der Waals surface area contributed by atoms with Crippen LogP contribution in [0.3, 0.4) is 0 Å². The summed E-state index contributed by atoms with van der Waals surface area (Å²) in [5.41, 5.74) is 0.939. The van der Waals surface area contributed by atoms with E-state index in [2.05, 4.69) is 15.5 Å². The molecule has 1 fully saturated rings. The van der Waals surface area contributed by atoms with E-state index in [-0.39, 0.29) is 29.8 Å². The molecule has 9 nitrogen and oxygen atoms in total. The molecular weight excluding hydrogens is 394 g/mol. The van der Waals surface area contributed by atoms with Crippen LogP contribution in [0.15, 0.2) is 34.5 Å². The summed E-state index contributed by atoms with van der Waals surface area (Å²) in [7, 11) is 0. The van der Waals surface area contributed by atoms with Gasteiger partial charge in [-0.1, -0.05) is 18.2 Å². The van der Waals surface area contributed by atoms with Crippen molar-refractivity contribution in [3.05, 3.63) is 24.3 Å². The van der Waals surface area contributed by atoms with Crippen molar-refractivity contribution in [2.45, 2.75) is 13.5 Å². The van der Waals surface area contributed by atoms with Crippen molar-refractivity contribution in [2.75, 3.05) is 46.0 Å². The smallest absolute Gasteiger partial charge is 0.326 e. The van der Waals surface area contributed by atoms with Gasteiger partial charge in [0, 0.05) is 5.39 Å². The van der Waals surface area contributed by atoms with Crippen LogP contribution in [0.5, 0.6) is 5.88 Å². The number of esters is 1. The Morgan fingerprint density at radius 2 is 2.14 bits per heavy atom. The van der Waals surface area contributed by atoms with Crippen molar-refractivity contribution < 1.29 is 24.3 Å². The predicted octanol–water partition coefficient (Wildman–Crippen LogP) is 0.783. The Labute approximate surface area is 174 Å². The fraction of sp³-hybridized carbons (Fsp3) is 0.474. The normalized spacial score (nSPS) is 15.1. The minimum Gasteiger partial charge on any atom is -0.493 e. The molecule has 2 aromatic rings. The number of morpholine rings is 1. The van der Waals surface area contributed by atoms with Gasteiger partial charge in [-0.3, -0.25) is 9.36 Å². The van der Waals surface area contributed by atoms with Crippen LogP contribution in [0.1, 0.15) is 6.92 Å². The Hall–Kier alpha value is -2.56. The first-order chi connectivity index (χ1) is 14.1. The molecule has 3 rings (SSSR count). The lowest BCUT2D eigenvalue weighted by atomic mass is 10.2. The van der Waals surface area contributed by atoms with Crippen molar-refractivity contribution in [1.82, 2.24) is 9.88 Å². The Balaban J connectivity index is 1.67. The first-order valence-corrected chi connectivity index (χ1v) is 10.1. The fourth-order valence-electron chi connectivity index (χ4n) is 3.25. The Morgan fingerprint density at radius 3 is 2.90 bits per heavy atom. The van der Waals surface area contributed by atoms with E-state index in [1.807, 2.05) is 18.2 Å². The number of benzene rings is 1. The number of hydrogen-bond acceptors (Lipinski definition) is 6. The zero-order valence-electron chi connectivity index (χ0n) is 16.4. The minimum absolute atomic E-state index is 0.110. The molecule has 10 heteroatoms. The molecule has 1 aromatic carbocycles. The van der Waals surface area contributed by atoms with Crippen LogP contribution in [-0.2, 0) is 20.8 Å². The fourth-order valence-corrected chi connectivity index (χ4v) is 3.40. The molecule has 1 aromatic heterocycles. The molecular formula is C19H26N5O4S+. The number of aromatic hydroxyl groups is 1. The van der Waals surface area contributed by atoms with Crippen LogP contribution >= 0.6 is 12.2 Å². The maximum atomic E-state index is 11.9. The van der Waals surface area contributed by atoms with E-state index in [0.717, 1.165) is 32.8 Å². The second kappa shape index (κ2) is 10.3. The van der Waals surface area contributed by atoms with Gasteiger partial charge in [0.05, 0.1) is 38.4 Å². The molecule has 1 aliphatic heterocycles. The van der Waals surface area contributed by atoms with Gasteiger partial charge in [-0.05, 0) is 25.2 Å². The maximum absolute atomic E-state index is 11.9. The third-order valence-corrected chi connectivity index (χ3v) is 4.93. The second-order valence-electron chi connectivity index (χ2n) is 6.62. The van der Waals surface area contributed by atoms with Crippen LogP contribution in [0.4, 0.5) is 5.69 Å². The maximum Gasteiger partial charge on any atom is 0.326 e. The van der Waals surface area contributed by atoms with Crippen molar-refractivity contribution in [3.63, 3.8) is 0 Å². The zero-order chi connectivity index (χ0) is 20.6. The van der Waals surface area contributed by atoms with E-state index in [1.54, 1.807) is 13.0 Å². The molecule has 0 radical (unpaired) electrons. The SMILES string of the molecule is CCOC(=O)Cn1c(O)c(N=NC(=S)NCC[NH+]2CCOCC2)c2ccccc21. The van der Waals surface area contributed by atoms with Crippen LogP contribution in [0.25, 0.3) is 10.9 Å². The minimum atomic E-state index is -0.435. The quantitative estimate of drug-likeness (QED) is 0.348. The highest BCUT2D eigenvalue weighted by Gasteiger charge is 2.19. The van der Waals surface area contributed by atoms with Gasteiger partial charge in [0.2, 0.25) is 11.0 Å². The molecule has 0 unspecified atom stereocenters. The van der Waals surface area contributed by atoms with E-state index in [1.165, 1.54) is 9.47 Å². The van der Waals surface area contributed by atoms with E-state index < -0.39 is 5.97 Å². The van der Waals surface area contributed by atoms with E-state index >= 15 is 0 Å². The van der Waals surface area contributed by atoms with E-state index in [9.17, 15) is 9.90 Å². The topological polar surface area (TPSA) is 102 Å². The van der Waals surface area contributed by atoms with Crippen LogP contribution in [0, 0.1) is 0 Å². The van der Waals surface area contributed by atoms with Gasteiger partial charge in [0.25, 0.3) is 0 Å². The molecule has 0 atom stereocenters. The number of azo groups is 1. The number of thiocarbonyl (C=S) groups is 1. The lowest BCUT2D eigenvalue weighted by Crippen LogP contribution is -3.14. The molecule has 1 saturated heterocycles. The first-order valence-electron chi connectivity index (χ1n) is 9.66. The number of rotatable bonds is 7. The highest BCUT2D eigenvalue weighted by atomic mass is 32.1. The van der Waals surface area contributed by atoms with Gasteiger partial charge in [0.15, 0.2) is 5.69 Å². The number of fused-ring (bicyclic) bond motifs is 1.